The summed E-state index contributed by atoms with van der Waals surface area (Å²) in [6.45, 7) is 11.2. The third-order valence-corrected chi connectivity index (χ3v) is 3.04. The third kappa shape index (κ3) is 1.63. The average molecular weight is 144 g/mol. The van der Waals surface area contributed by atoms with E-state index in [1.54, 1.807) is 11.1 Å². The van der Waals surface area contributed by atoms with Crippen LogP contribution in [-0.2, 0) is 0 Å². The van der Waals surface area contributed by atoms with E-state index in [2.05, 4.69) is 34.6 Å². The van der Waals surface area contributed by atoms with Gasteiger partial charge in [-0.1, -0.05) is 18.1 Å². The zero-order valence-corrected chi connectivity index (χ0v) is 7.58. The van der Waals surface area contributed by atoms with E-state index in [0.29, 0.717) is 5.92 Å². The van der Waals surface area contributed by atoms with Crippen LogP contribution in [0.2, 0.25) is 0 Å². The van der Waals surface area contributed by atoms with Gasteiger partial charge in [-0.05, 0) is 44.8 Å². The van der Waals surface area contributed by atoms with Crippen molar-refractivity contribution in [1.29, 1.82) is 0 Å². The standard InChI is InChI=1S/C10H16.Li.H/c1-6-7(2)9(4)10(5)8(6)3;;/h6H,1-5H3;;. The first-order chi connectivity index (χ1) is 4.55. The molecule has 0 saturated heterocycles. The van der Waals surface area contributed by atoms with Crippen LogP contribution < -0.4 is 0 Å². The molecule has 0 aromatic heterocycles. The Kier molecular flexibility index (Phi) is 3.68. The third-order valence-electron chi connectivity index (χ3n) is 3.04. The number of allylic oxidation sites excluding steroid dienone is 4. The fourth-order valence-corrected chi connectivity index (χ4v) is 1.57. The van der Waals surface area contributed by atoms with Gasteiger partial charge in [-0.2, -0.15) is 0 Å². The van der Waals surface area contributed by atoms with Crippen molar-refractivity contribution in [2.45, 2.75) is 34.6 Å². The molecule has 0 aromatic rings. The van der Waals surface area contributed by atoms with E-state index in [1.165, 1.54) is 11.1 Å². The number of hydrogen-bond acceptors (Lipinski definition) is 0. The normalized spacial score (nSPS) is 19.4. The molecule has 0 unspecified atom stereocenters. The van der Waals surface area contributed by atoms with Gasteiger partial charge in [-0.15, -0.1) is 0 Å². The number of rotatable bonds is 0. The van der Waals surface area contributed by atoms with E-state index in [1.807, 2.05) is 0 Å². The molecule has 58 valence electrons. The summed E-state index contributed by atoms with van der Waals surface area (Å²) in [5, 5.41) is 0. The van der Waals surface area contributed by atoms with Crippen LogP contribution in [0.15, 0.2) is 22.3 Å². The molecule has 1 aliphatic rings. The second-order valence-electron chi connectivity index (χ2n) is 3.34. The second kappa shape index (κ2) is 3.65. The Balaban J connectivity index is 0.000001000. The summed E-state index contributed by atoms with van der Waals surface area (Å²) in [5.41, 5.74) is 6.11. The van der Waals surface area contributed by atoms with E-state index in [-0.39, 0.29) is 18.9 Å². The van der Waals surface area contributed by atoms with E-state index in [9.17, 15) is 0 Å². The van der Waals surface area contributed by atoms with Crippen LogP contribution in [0.3, 0.4) is 0 Å². The van der Waals surface area contributed by atoms with Gasteiger partial charge in [0.15, 0.2) is 0 Å². The van der Waals surface area contributed by atoms with Crippen molar-refractivity contribution in [3.05, 3.63) is 22.3 Å². The minimum absolute atomic E-state index is 0. The summed E-state index contributed by atoms with van der Waals surface area (Å²) in [6, 6.07) is 0. The van der Waals surface area contributed by atoms with Crippen molar-refractivity contribution in [2.75, 3.05) is 0 Å². The molecule has 11 heavy (non-hydrogen) atoms. The molecule has 0 atom stereocenters. The predicted molar refractivity (Wildman–Crippen MR) is 53.1 cm³/mol. The number of hydrogen-bond donors (Lipinski definition) is 0. The van der Waals surface area contributed by atoms with E-state index in [0.717, 1.165) is 0 Å². The summed E-state index contributed by atoms with van der Waals surface area (Å²) >= 11 is 0. The first kappa shape index (κ1) is 11.1. The van der Waals surface area contributed by atoms with E-state index < -0.39 is 0 Å². The molecule has 0 heterocycles. The van der Waals surface area contributed by atoms with Crippen LogP contribution in [0.4, 0.5) is 0 Å². The van der Waals surface area contributed by atoms with E-state index in [4.69, 9.17) is 0 Å². The van der Waals surface area contributed by atoms with Crippen molar-refractivity contribution in [2.24, 2.45) is 5.92 Å². The molecule has 0 amide bonds. The molecule has 0 saturated carbocycles. The monoisotopic (exact) mass is 144 g/mol. The molecule has 0 N–H and O–H groups in total. The van der Waals surface area contributed by atoms with Crippen molar-refractivity contribution in [1.82, 2.24) is 0 Å². The van der Waals surface area contributed by atoms with Crippen molar-refractivity contribution >= 4 is 18.9 Å². The average Bonchev–Trinajstić information content (AvgIpc) is 2.07. The van der Waals surface area contributed by atoms with Crippen LogP contribution in [0.1, 0.15) is 34.6 Å². The summed E-state index contributed by atoms with van der Waals surface area (Å²) in [5.74, 6) is 0.694. The molecular formula is C10H17Li. The Labute approximate surface area is 81.9 Å². The predicted octanol–water partition coefficient (Wildman–Crippen LogP) is 2.66. The molecule has 0 spiro atoms. The van der Waals surface area contributed by atoms with Gasteiger partial charge in [0.1, 0.15) is 0 Å². The summed E-state index contributed by atoms with van der Waals surface area (Å²) in [4.78, 5) is 0. The SMILES string of the molecule is CC1=C(C)C(C)C(C)=C1C.[LiH]. The van der Waals surface area contributed by atoms with Gasteiger partial charge in [-0.25, -0.2) is 0 Å². The Bertz CT molecular complexity index is 197. The Hall–Kier alpha value is 0.0774. The second-order valence-corrected chi connectivity index (χ2v) is 3.34. The zero-order chi connectivity index (χ0) is 7.89. The molecule has 1 rings (SSSR count). The Morgan fingerprint density at radius 2 is 1.09 bits per heavy atom. The van der Waals surface area contributed by atoms with Crippen LogP contribution in [0, 0.1) is 5.92 Å². The van der Waals surface area contributed by atoms with Crippen LogP contribution in [0.5, 0.6) is 0 Å². The Morgan fingerprint density at radius 3 is 1.18 bits per heavy atom. The summed E-state index contributed by atoms with van der Waals surface area (Å²) in [6.07, 6.45) is 0. The summed E-state index contributed by atoms with van der Waals surface area (Å²) in [7, 11) is 0. The quantitative estimate of drug-likeness (QED) is 0.458. The van der Waals surface area contributed by atoms with Gasteiger partial charge < -0.3 is 0 Å². The molecule has 0 nitrogen and oxygen atoms in total. The van der Waals surface area contributed by atoms with Gasteiger partial charge in [-0.3, -0.25) is 0 Å². The molecule has 0 fully saturated rings. The molecule has 0 bridgehead atoms. The van der Waals surface area contributed by atoms with Crippen molar-refractivity contribution in [3.63, 3.8) is 0 Å². The first-order valence-corrected chi connectivity index (χ1v) is 3.90. The van der Waals surface area contributed by atoms with E-state index >= 15 is 0 Å². The molecule has 0 radical (unpaired) electrons. The molecule has 1 aliphatic carbocycles. The van der Waals surface area contributed by atoms with Crippen LogP contribution in [0.25, 0.3) is 0 Å². The van der Waals surface area contributed by atoms with Crippen LogP contribution >= 0.6 is 0 Å². The topological polar surface area (TPSA) is 0 Å². The van der Waals surface area contributed by atoms with Gasteiger partial charge in [0, 0.05) is 0 Å². The van der Waals surface area contributed by atoms with Crippen molar-refractivity contribution < 1.29 is 0 Å². The fourth-order valence-electron chi connectivity index (χ4n) is 1.57. The molecule has 0 aliphatic heterocycles. The minimum atomic E-state index is 0. The van der Waals surface area contributed by atoms with Gasteiger partial charge in [0.25, 0.3) is 0 Å². The maximum absolute atomic E-state index is 2.28. The summed E-state index contributed by atoms with van der Waals surface area (Å²) < 4.78 is 0. The maximum atomic E-state index is 2.28. The van der Waals surface area contributed by atoms with Gasteiger partial charge >= 0.3 is 18.9 Å². The molecular weight excluding hydrogens is 127 g/mol. The molecule has 0 aromatic carbocycles. The van der Waals surface area contributed by atoms with Gasteiger partial charge in [0.05, 0.1) is 0 Å². The first-order valence-electron chi connectivity index (χ1n) is 3.90. The van der Waals surface area contributed by atoms with Gasteiger partial charge in [0.2, 0.25) is 0 Å². The van der Waals surface area contributed by atoms with Crippen LogP contribution in [-0.4, -0.2) is 18.9 Å². The molecule has 1 heteroatoms. The van der Waals surface area contributed by atoms with Crippen molar-refractivity contribution in [3.8, 4) is 0 Å². The fraction of sp³-hybridized carbons (Fsp3) is 0.600. The Morgan fingerprint density at radius 1 is 0.818 bits per heavy atom. The zero-order valence-electron chi connectivity index (χ0n) is 7.58.